The highest BCUT2D eigenvalue weighted by molar-refractivity contribution is 7.99. The lowest BCUT2D eigenvalue weighted by molar-refractivity contribution is -0.148. The van der Waals surface area contributed by atoms with E-state index in [1.54, 1.807) is 11.8 Å². The van der Waals surface area contributed by atoms with E-state index in [0.717, 1.165) is 31.4 Å². The maximum absolute atomic E-state index is 11.8. The Morgan fingerprint density at radius 3 is 2.44 bits per heavy atom. The zero-order valence-corrected chi connectivity index (χ0v) is 18.3. The number of carbonyl (C=O) groups excluding carboxylic acids is 2. The molecule has 1 fully saturated rings. The molecule has 2 atom stereocenters. The summed E-state index contributed by atoms with van der Waals surface area (Å²) in [5.41, 5.74) is 0. The van der Waals surface area contributed by atoms with Crippen molar-refractivity contribution in [3.8, 4) is 0 Å². The third-order valence-corrected chi connectivity index (χ3v) is 6.68. The van der Waals surface area contributed by atoms with Crippen molar-refractivity contribution < 1.29 is 19.1 Å². The fraction of sp³-hybridized carbons (Fsp3) is 0.909. The summed E-state index contributed by atoms with van der Waals surface area (Å²) >= 11 is 1.78. The van der Waals surface area contributed by atoms with Crippen LogP contribution in [0.2, 0.25) is 0 Å². The Kier molecular flexibility index (Phi) is 14.7. The van der Waals surface area contributed by atoms with Crippen LogP contribution in [0, 0.1) is 0 Å². The molecule has 158 valence electrons. The molecule has 27 heavy (non-hydrogen) atoms. The molecule has 0 aromatic rings. The molecule has 0 N–H and O–H groups in total. The Bertz CT molecular complexity index is 400. The Balaban J connectivity index is 2.30. The fourth-order valence-electron chi connectivity index (χ4n) is 3.59. The molecule has 0 aromatic heterocycles. The first-order valence-electron chi connectivity index (χ1n) is 11.0. The summed E-state index contributed by atoms with van der Waals surface area (Å²) in [7, 11) is 1.43. The van der Waals surface area contributed by atoms with Gasteiger partial charge in [-0.15, -0.1) is 0 Å². The van der Waals surface area contributed by atoms with E-state index in [9.17, 15) is 9.59 Å². The zero-order chi connectivity index (χ0) is 19.7. The molecule has 5 heteroatoms. The lowest BCUT2D eigenvalue weighted by Crippen LogP contribution is -2.28. The van der Waals surface area contributed by atoms with Gasteiger partial charge in [0.25, 0.3) is 0 Å². The largest absolute Gasteiger partial charge is 0.469 e. The second-order valence-electron chi connectivity index (χ2n) is 7.63. The van der Waals surface area contributed by atoms with E-state index in [0.29, 0.717) is 18.1 Å². The Morgan fingerprint density at radius 2 is 1.78 bits per heavy atom. The van der Waals surface area contributed by atoms with Gasteiger partial charge in [-0.05, 0) is 25.7 Å². The molecule has 1 aliphatic heterocycles. The van der Waals surface area contributed by atoms with Gasteiger partial charge in [0.1, 0.15) is 6.10 Å². The highest BCUT2D eigenvalue weighted by Gasteiger charge is 2.27. The zero-order valence-electron chi connectivity index (χ0n) is 17.5. The van der Waals surface area contributed by atoms with E-state index in [1.165, 1.54) is 64.9 Å². The average molecular weight is 401 g/mol. The molecule has 0 bridgehead atoms. The minimum atomic E-state index is -0.165. The molecule has 0 saturated carbocycles. The van der Waals surface area contributed by atoms with Gasteiger partial charge in [-0.25, -0.2) is 0 Å². The van der Waals surface area contributed by atoms with Gasteiger partial charge in [-0.1, -0.05) is 64.7 Å². The third kappa shape index (κ3) is 12.4. The third-order valence-electron chi connectivity index (χ3n) is 5.28. The Morgan fingerprint density at radius 1 is 1.11 bits per heavy atom. The number of thioether (sulfide) groups is 1. The van der Waals surface area contributed by atoms with Crippen LogP contribution in [0.4, 0.5) is 0 Å². The monoisotopic (exact) mass is 400 g/mol. The SMILES string of the molecule is CCCCCCCCCCC[C@H](SCCC(=O)OC)[C@H]1CCCCC(=O)O1. The molecule has 0 aliphatic carbocycles. The Labute approximate surface area is 170 Å². The van der Waals surface area contributed by atoms with E-state index in [1.807, 2.05) is 0 Å². The van der Waals surface area contributed by atoms with E-state index in [-0.39, 0.29) is 18.0 Å². The number of unbranched alkanes of at least 4 members (excludes halogenated alkanes) is 8. The summed E-state index contributed by atoms with van der Waals surface area (Å²) in [6.07, 6.45) is 16.9. The molecule has 1 saturated heterocycles. The quantitative estimate of drug-likeness (QED) is 0.247. The van der Waals surface area contributed by atoms with Gasteiger partial charge >= 0.3 is 11.9 Å². The van der Waals surface area contributed by atoms with Crippen LogP contribution < -0.4 is 0 Å². The van der Waals surface area contributed by atoms with Crippen molar-refractivity contribution in [2.45, 2.75) is 115 Å². The number of cyclic esters (lactones) is 1. The van der Waals surface area contributed by atoms with E-state index >= 15 is 0 Å². The number of hydrogen-bond donors (Lipinski definition) is 0. The van der Waals surface area contributed by atoms with Crippen molar-refractivity contribution in [2.75, 3.05) is 12.9 Å². The van der Waals surface area contributed by atoms with Crippen LogP contribution in [0.1, 0.15) is 103 Å². The first-order chi connectivity index (χ1) is 13.2. The van der Waals surface area contributed by atoms with E-state index in [4.69, 9.17) is 9.47 Å². The van der Waals surface area contributed by atoms with Crippen LogP contribution in [-0.4, -0.2) is 36.2 Å². The molecular weight excluding hydrogens is 360 g/mol. The maximum atomic E-state index is 11.8. The van der Waals surface area contributed by atoms with Crippen LogP contribution >= 0.6 is 11.8 Å². The van der Waals surface area contributed by atoms with Crippen molar-refractivity contribution in [2.24, 2.45) is 0 Å². The molecule has 0 unspecified atom stereocenters. The van der Waals surface area contributed by atoms with Gasteiger partial charge in [0.15, 0.2) is 0 Å². The molecule has 0 radical (unpaired) electrons. The van der Waals surface area contributed by atoms with Gasteiger partial charge < -0.3 is 9.47 Å². The van der Waals surface area contributed by atoms with Crippen LogP contribution in [0.25, 0.3) is 0 Å². The van der Waals surface area contributed by atoms with Crippen molar-refractivity contribution in [3.63, 3.8) is 0 Å². The van der Waals surface area contributed by atoms with Crippen molar-refractivity contribution in [1.29, 1.82) is 0 Å². The Hall–Kier alpha value is -0.710. The number of ether oxygens (including phenoxy) is 2. The first-order valence-corrected chi connectivity index (χ1v) is 12.1. The van der Waals surface area contributed by atoms with Crippen molar-refractivity contribution >= 4 is 23.7 Å². The molecule has 0 aromatic carbocycles. The van der Waals surface area contributed by atoms with E-state index in [2.05, 4.69) is 6.92 Å². The predicted molar refractivity (Wildman–Crippen MR) is 113 cm³/mol. The normalized spacial score (nSPS) is 18.6. The standard InChI is InChI=1S/C22H40O4S/c1-3-4-5-6-7-8-9-10-11-15-20(27-18-17-21(23)25-2)19-14-12-13-16-22(24)26-19/h19-20H,3-18H2,1-2H3/t19-,20+/m1/s1. The van der Waals surface area contributed by atoms with Gasteiger partial charge in [-0.3, -0.25) is 9.59 Å². The first kappa shape index (κ1) is 24.3. The van der Waals surface area contributed by atoms with Crippen LogP contribution in [-0.2, 0) is 19.1 Å². The van der Waals surface area contributed by atoms with Gasteiger partial charge in [0.2, 0.25) is 0 Å². The summed E-state index contributed by atoms with van der Waals surface area (Å²) in [4.78, 5) is 23.2. The van der Waals surface area contributed by atoms with Gasteiger partial charge in [0.05, 0.1) is 13.5 Å². The molecule has 1 heterocycles. The number of rotatable bonds is 15. The van der Waals surface area contributed by atoms with Crippen LogP contribution in [0.3, 0.4) is 0 Å². The molecule has 1 aliphatic rings. The summed E-state index contributed by atoms with van der Waals surface area (Å²) < 4.78 is 10.5. The minimum Gasteiger partial charge on any atom is -0.469 e. The molecular formula is C22H40O4S. The summed E-state index contributed by atoms with van der Waals surface area (Å²) in [5.74, 6) is 0.522. The molecule has 4 nitrogen and oxygen atoms in total. The molecule has 0 spiro atoms. The second kappa shape index (κ2) is 16.3. The topological polar surface area (TPSA) is 52.6 Å². The highest BCUT2D eigenvalue weighted by atomic mass is 32.2. The molecule has 1 rings (SSSR count). The van der Waals surface area contributed by atoms with Gasteiger partial charge in [0, 0.05) is 17.4 Å². The predicted octanol–water partition coefficient (Wildman–Crippen LogP) is 6.06. The van der Waals surface area contributed by atoms with Crippen LogP contribution in [0.5, 0.6) is 0 Å². The second-order valence-corrected chi connectivity index (χ2v) is 8.97. The maximum Gasteiger partial charge on any atom is 0.306 e. The average Bonchev–Trinajstić information content (AvgIpc) is 2.89. The summed E-state index contributed by atoms with van der Waals surface area (Å²) in [5, 5.41) is 0.307. The smallest absolute Gasteiger partial charge is 0.306 e. The number of methoxy groups -OCH3 is 1. The lowest BCUT2D eigenvalue weighted by Gasteiger charge is -2.25. The minimum absolute atomic E-state index is 0.0108. The lowest BCUT2D eigenvalue weighted by atomic mass is 10.0. The number of hydrogen-bond acceptors (Lipinski definition) is 5. The summed E-state index contributed by atoms with van der Waals surface area (Å²) in [6.45, 7) is 2.26. The van der Waals surface area contributed by atoms with Crippen molar-refractivity contribution in [1.82, 2.24) is 0 Å². The van der Waals surface area contributed by atoms with Crippen molar-refractivity contribution in [3.05, 3.63) is 0 Å². The highest BCUT2D eigenvalue weighted by Crippen LogP contribution is 2.29. The summed E-state index contributed by atoms with van der Waals surface area (Å²) in [6, 6.07) is 0. The number of esters is 2. The van der Waals surface area contributed by atoms with Crippen LogP contribution in [0.15, 0.2) is 0 Å². The number of carbonyl (C=O) groups is 2. The van der Waals surface area contributed by atoms with E-state index < -0.39 is 0 Å². The molecule has 0 amide bonds. The fourth-order valence-corrected chi connectivity index (χ4v) is 4.92. The van der Waals surface area contributed by atoms with Gasteiger partial charge in [-0.2, -0.15) is 11.8 Å².